The SMILES string of the molecule is Cc1c(NC(=O)COc2ccc(S(=O)(=O)Nc3ccc(F)cc3)cc2Cl)cccc1[N+](=O)[O-]. The van der Waals surface area contributed by atoms with E-state index in [0.717, 1.165) is 18.2 Å². The summed E-state index contributed by atoms with van der Waals surface area (Å²) in [4.78, 5) is 22.5. The number of nitrogens with one attached hydrogen (secondary N) is 2. The van der Waals surface area contributed by atoms with Crippen LogP contribution in [0.4, 0.5) is 21.5 Å². The molecule has 0 spiro atoms. The molecule has 0 aliphatic rings. The van der Waals surface area contributed by atoms with Crippen LogP contribution < -0.4 is 14.8 Å². The number of rotatable bonds is 8. The van der Waals surface area contributed by atoms with Gasteiger partial charge in [0.2, 0.25) is 0 Å². The first-order valence-corrected chi connectivity index (χ1v) is 11.2. The van der Waals surface area contributed by atoms with Crippen molar-refractivity contribution in [3.63, 3.8) is 0 Å². The average Bonchev–Trinajstić information content (AvgIpc) is 2.75. The minimum atomic E-state index is -4.00. The summed E-state index contributed by atoms with van der Waals surface area (Å²) in [5, 5.41) is 13.5. The molecule has 0 saturated carbocycles. The first kappa shape index (κ1) is 24.0. The van der Waals surface area contributed by atoms with E-state index in [2.05, 4.69) is 10.0 Å². The second-order valence-corrected chi connectivity index (χ2v) is 8.84. The lowest BCUT2D eigenvalue weighted by Gasteiger charge is -2.12. The molecule has 0 aromatic heterocycles. The molecule has 1 amide bonds. The van der Waals surface area contributed by atoms with Gasteiger partial charge in [-0.05, 0) is 55.5 Å². The van der Waals surface area contributed by atoms with Gasteiger partial charge in [-0.15, -0.1) is 0 Å². The number of anilines is 2. The van der Waals surface area contributed by atoms with Crippen molar-refractivity contribution in [3.05, 3.63) is 87.2 Å². The highest BCUT2D eigenvalue weighted by Crippen LogP contribution is 2.29. The molecule has 0 radical (unpaired) electrons. The number of sulfonamides is 1. The number of hydrogen-bond donors (Lipinski definition) is 2. The largest absolute Gasteiger partial charge is 0.482 e. The summed E-state index contributed by atoms with van der Waals surface area (Å²) in [5.74, 6) is -1.04. The van der Waals surface area contributed by atoms with Gasteiger partial charge in [-0.2, -0.15) is 0 Å². The van der Waals surface area contributed by atoms with Crippen LogP contribution in [0.2, 0.25) is 5.02 Å². The molecular formula is C21H17ClFN3O6S. The van der Waals surface area contributed by atoms with Gasteiger partial charge >= 0.3 is 0 Å². The zero-order valence-corrected chi connectivity index (χ0v) is 18.6. The Morgan fingerprint density at radius 1 is 1.15 bits per heavy atom. The van der Waals surface area contributed by atoms with Crippen molar-refractivity contribution < 1.29 is 27.3 Å². The summed E-state index contributed by atoms with van der Waals surface area (Å²) in [5.41, 5.74) is 0.582. The Bertz CT molecular complexity index is 1320. The Morgan fingerprint density at radius 2 is 1.85 bits per heavy atom. The molecule has 0 bridgehead atoms. The lowest BCUT2D eigenvalue weighted by Crippen LogP contribution is -2.21. The van der Waals surface area contributed by atoms with Crippen LogP contribution in [0.15, 0.2) is 65.6 Å². The van der Waals surface area contributed by atoms with Gasteiger partial charge in [-0.25, -0.2) is 12.8 Å². The Labute approximate surface area is 193 Å². The number of amides is 1. The predicted octanol–water partition coefficient (Wildman–Crippen LogP) is 4.51. The van der Waals surface area contributed by atoms with Crippen LogP contribution >= 0.6 is 11.6 Å². The Kier molecular flexibility index (Phi) is 7.14. The fourth-order valence-electron chi connectivity index (χ4n) is 2.78. The van der Waals surface area contributed by atoms with Crippen molar-refractivity contribution in [2.24, 2.45) is 0 Å². The monoisotopic (exact) mass is 493 g/mol. The molecule has 33 heavy (non-hydrogen) atoms. The third kappa shape index (κ3) is 5.96. The molecule has 0 atom stereocenters. The van der Waals surface area contributed by atoms with Crippen molar-refractivity contribution in [3.8, 4) is 5.75 Å². The smallest absolute Gasteiger partial charge is 0.274 e. The van der Waals surface area contributed by atoms with Crippen molar-refractivity contribution in [1.82, 2.24) is 0 Å². The Morgan fingerprint density at radius 3 is 2.48 bits per heavy atom. The third-order valence-corrected chi connectivity index (χ3v) is 6.12. The van der Waals surface area contributed by atoms with E-state index in [4.69, 9.17) is 16.3 Å². The molecule has 12 heteroatoms. The lowest BCUT2D eigenvalue weighted by molar-refractivity contribution is -0.385. The van der Waals surface area contributed by atoms with Crippen LogP contribution in [0.1, 0.15) is 5.56 Å². The van der Waals surface area contributed by atoms with Gasteiger partial charge in [0.15, 0.2) is 6.61 Å². The van der Waals surface area contributed by atoms with E-state index >= 15 is 0 Å². The number of nitrogens with zero attached hydrogens (tertiary/aromatic N) is 1. The molecule has 3 rings (SSSR count). The lowest BCUT2D eigenvalue weighted by atomic mass is 10.1. The quantitative estimate of drug-likeness (QED) is 0.351. The van der Waals surface area contributed by atoms with E-state index in [1.807, 2.05) is 0 Å². The van der Waals surface area contributed by atoms with Crippen LogP contribution in [-0.4, -0.2) is 25.9 Å². The molecule has 3 aromatic rings. The molecule has 0 heterocycles. The molecule has 172 valence electrons. The summed E-state index contributed by atoms with van der Waals surface area (Å²) in [6, 6.07) is 12.7. The zero-order chi connectivity index (χ0) is 24.2. The molecule has 0 saturated heterocycles. The minimum absolute atomic E-state index is 0.0586. The highest BCUT2D eigenvalue weighted by molar-refractivity contribution is 7.92. The highest BCUT2D eigenvalue weighted by Gasteiger charge is 2.18. The first-order chi connectivity index (χ1) is 15.6. The molecule has 0 fully saturated rings. The normalized spacial score (nSPS) is 11.0. The minimum Gasteiger partial charge on any atom is -0.482 e. The molecule has 0 aliphatic heterocycles. The molecule has 9 nitrogen and oxygen atoms in total. The Balaban J connectivity index is 1.66. The van der Waals surface area contributed by atoms with Crippen LogP contribution in [0.5, 0.6) is 5.75 Å². The van der Waals surface area contributed by atoms with E-state index < -0.39 is 33.3 Å². The number of benzene rings is 3. The van der Waals surface area contributed by atoms with Crippen molar-refractivity contribution >= 4 is 44.6 Å². The maximum absolute atomic E-state index is 13.0. The second-order valence-electron chi connectivity index (χ2n) is 6.75. The number of nitro benzene ring substituents is 1. The number of carbonyl (C=O) groups excluding carboxylic acids is 1. The third-order valence-electron chi connectivity index (χ3n) is 4.44. The van der Waals surface area contributed by atoms with Gasteiger partial charge in [0.1, 0.15) is 11.6 Å². The van der Waals surface area contributed by atoms with E-state index in [1.165, 1.54) is 49.4 Å². The van der Waals surface area contributed by atoms with E-state index in [-0.39, 0.29) is 38.3 Å². The number of nitro groups is 1. The zero-order valence-electron chi connectivity index (χ0n) is 17.0. The van der Waals surface area contributed by atoms with Gasteiger partial charge in [-0.3, -0.25) is 19.6 Å². The maximum Gasteiger partial charge on any atom is 0.274 e. The number of ether oxygens (including phenoxy) is 1. The topological polar surface area (TPSA) is 128 Å². The van der Waals surface area contributed by atoms with Gasteiger partial charge in [0.25, 0.3) is 21.6 Å². The van der Waals surface area contributed by atoms with Gasteiger partial charge in [0, 0.05) is 11.8 Å². The predicted molar refractivity (Wildman–Crippen MR) is 121 cm³/mol. The van der Waals surface area contributed by atoms with E-state index in [9.17, 15) is 27.7 Å². The maximum atomic E-state index is 13.0. The summed E-state index contributed by atoms with van der Waals surface area (Å²) in [6.45, 7) is 1.03. The van der Waals surface area contributed by atoms with Gasteiger partial charge in [-0.1, -0.05) is 17.7 Å². The molecule has 2 N–H and O–H groups in total. The fourth-order valence-corrected chi connectivity index (χ4v) is 4.17. The Hall–Kier alpha value is -3.70. The van der Waals surface area contributed by atoms with Crippen LogP contribution in [0.3, 0.4) is 0 Å². The van der Waals surface area contributed by atoms with Crippen LogP contribution in [0.25, 0.3) is 0 Å². The number of halogens is 2. The van der Waals surface area contributed by atoms with Crippen molar-refractivity contribution in [2.75, 3.05) is 16.6 Å². The summed E-state index contributed by atoms with van der Waals surface area (Å²) >= 11 is 6.11. The van der Waals surface area contributed by atoms with Crippen molar-refractivity contribution in [1.29, 1.82) is 0 Å². The van der Waals surface area contributed by atoms with Crippen LogP contribution in [0, 0.1) is 22.9 Å². The summed E-state index contributed by atoms with van der Waals surface area (Å²) in [6.07, 6.45) is 0. The molecular weight excluding hydrogens is 477 g/mol. The fraction of sp³-hybridized carbons (Fsp3) is 0.0952. The van der Waals surface area contributed by atoms with E-state index in [1.54, 1.807) is 0 Å². The summed E-state index contributed by atoms with van der Waals surface area (Å²) < 4.78 is 45.7. The molecule has 3 aromatic carbocycles. The van der Waals surface area contributed by atoms with E-state index in [0.29, 0.717) is 0 Å². The number of carbonyl (C=O) groups is 1. The highest BCUT2D eigenvalue weighted by atomic mass is 35.5. The van der Waals surface area contributed by atoms with Crippen LogP contribution in [-0.2, 0) is 14.8 Å². The number of hydrogen-bond acceptors (Lipinski definition) is 6. The summed E-state index contributed by atoms with van der Waals surface area (Å²) in [7, 11) is -4.00. The van der Waals surface area contributed by atoms with Gasteiger partial charge in [0.05, 0.1) is 26.1 Å². The molecule has 0 aliphatic carbocycles. The standard InChI is InChI=1S/C21H17ClFN3O6S/c1-13-18(3-2-4-19(13)26(28)29)24-21(27)12-32-20-10-9-16(11-17(20)22)33(30,31)25-15-7-5-14(23)6-8-15/h2-11,25H,12H2,1H3,(H,24,27). The average molecular weight is 494 g/mol. The second kappa shape index (κ2) is 9.84. The first-order valence-electron chi connectivity index (χ1n) is 9.31. The molecule has 0 unspecified atom stereocenters. The van der Waals surface area contributed by atoms with Gasteiger partial charge < -0.3 is 10.1 Å². The van der Waals surface area contributed by atoms with Crippen molar-refractivity contribution in [2.45, 2.75) is 11.8 Å².